The topological polar surface area (TPSA) is 68.2 Å². The highest BCUT2D eigenvalue weighted by molar-refractivity contribution is 5.67. The third kappa shape index (κ3) is 8.02. The number of ether oxygens (including phenoxy) is 1. The van der Waals surface area contributed by atoms with Crippen molar-refractivity contribution in [1.82, 2.24) is 20.2 Å². The predicted octanol–water partition coefficient (Wildman–Crippen LogP) is 3.08. The number of nitrogens with one attached hydrogen (secondary N) is 2. The fourth-order valence-electron chi connectivity index (χ4n) is 2.33. The van der Waals surface area contributed by atoms with Crippen molar-refractivity contribution in [3.05, 3.63) is 18.2 Å². The van der Waals surface area contributed by atoms with E-state index in [0.717, 1.165) is 32.4 Å². The van der Waals surface area contributed by atoms with Crippen LogP contribution in [0.1, 0.15) is 59.6 Å². The first-order valence-electron chi connectivity index (χ1n) is 8.55. The molecule has 0 fully saturated rings. The minimum absolute atomic E-state index is 0.220. The number of carbonyl (C=O) groups is 1. The van der Waals surface area contributed by atoms with E-state index in [1.54, 1.807) is 0 Å². The number of hydrogen-bond donors (Lipinski definition) is 2. The fourth-order valence-corrected chi connectivity index (χ4v) is 2.33. The number of nitrogens with zero attached hydrogens (tertiary/aromatic N) is 2. The van der Waals surface area contributed by atoms with Gasteiger partial charge in [-0.3, -0.25) is 0 Å². The third-order valence-corrected chi connectivity index (χ3v) is 3.36. The Kier molecular flexibility index (Phi) is 8.09. The second-order valence-electron chi connectivity index (χ2n) is 6.83. The van der Waals surface area contributed by atoms with E-state index in [-0.39, 0.29) is 12.1 Å². The van der Waals surface area contributed by atoms with Crippen molar-refractivity contribution in [1.29, 1.82) is 0 Å². The molecule has 1 aromatic heterocycles. The van der Waals surface area contributed by atoms with Gasteiger partial charge in [0.1, 0.15) is 5.60 Å². The highest BCUT2D eigenvalue weighted by Gasteiger charge is 2.17. The molecule has 0 aromatic carbocycles. The zero-order valence-electron chi connectivity index (χ0n) is 15.2. The SMILES string of the molecule is CCCC(CNC(=O)OC(C)(C)C)NCc1cncn1CCC. The quantitative estimate of drug-likeness (QED) is 0.732. The molecular formula is C17H32N4O2. The average molecular weight is 324 g/mol. The van der Waals surface area contributed by atoms with Gasteiger partial charge in [-0.05, 0) is 33.6 Å². The second kappa shape index (κ2) is 9.55. The van der Waals surface area contributed by atoms with Gasteiger partial charge in [0.25, 0.3) is 0 Å². The Bertz CT molecular complexity index is 465. The van der Waals surface area contributed by atoms with Crippen molar-refractivity contribution in [3.8, 4) is 0 Å². The van der Waals surface area contributed by atoms with E-state index in [4.69, 9.17) is 4.74 Å². The lowest BCUT2D eigenvalue weighted by Crippen LogP contribution is -2.42. The number of carbonyl (C=O) groups excluding carboxylic acids is 1. The van der Waals surface area contributed by atoms with Gasteiger partial charge in [0.2, 0.25) is 0 Å². The molecule has 6 nitrogen and oxygen atoms in total. The maximum atomic E-state index is 11.8. The lowest BCUT2D eigenvalue weighted by Gasteiger charge is -2.22. The third-order valence-electron chi connectivity index (χ3n) is 3.36. The van der Waals surface area contributed by atoms with Crippen LogP contribution < -0.4 is 10.6 Å². The van der Waals surface area contributed by atoms with E-state index in [0.29, 0.717) is 6.54 Å². The molecule has 0 bridgehead atoms. The maximum absolute atomic E-state index is 11.8. The Morgan fingerprint density at radius 3 is 2.70 bits per heavy atom. The van der Waals surface area contributed by atoms with Crippen LogP contribution in [0.15, 0.2) is 12.5 Å². The van der Waals surface area contributed by atoms with Crippen molar-refractivity contribution in [2.45, 2.75) is 78.6 Å². The van der Waals surface area contributed by atoms with Crippen LogP contribution in [0.3, 0.4) is 0 Å². The van der Waals surface area contributed by atoms with Gasteiger partial charge in [0.05, 0.1) is 12.0 Å². The summed E-state index contributed by atoms with van der Waals surface area (Å²) in [6.45, 7) is 12.2. The molecule has 1 atom stereocenters. The number of aromatic nitrogens is 2. The number of amides is 1. The molecule has 0 spiro atoms. The van der Waals surface area contributed by atoms with E-state index < -0.39 is 5.60 Å². The predicted molar refractivity (Wildman–Crippen MR) is 92.3 cm³/mol. The van der Waals surface area contributed by atoms with Crippen LogP contribution in [0.25, 0.3) is 0 Å². The average Bonchev–Trinajstić information content (AvgIpc) is 2.88. The first kappa shape index (κ1) is 19.5. The molecule has 0 aliphatic rings. The Hall–Kier alpha value is -1.56. The number of hydrogen-bond acceptors (Lipinski definition) is 4. The van der Waals surface area contributed by atoms with E-state index in [2.05, 4.69) is 34.0 Å². The summed E-state index contributed by atoms with van der Waals surface area (Å²) in [4.78, 5) is 16.0. The molecule has 1 amide bonds. The van der Waals surface area contributed by atoms with E-state index in [9.17, 15) is 4.79 Å². The lowest BCUT2D eigenvalue weighted by molar-refractivity contribution is 0.0521. The van der Waals surface area contributed by atoms with Gasteiger partial charge in [-0.15, -0.1) is 0 Å². The Morgan fingerprint density at radius 1 is 1.35 bits per heavy atom. The normalized spacial score (nSPS) is 12.9. The molecule has 132 valence electrons. The maximum Gasteiger partial charge on any atom is 0.407 e. The summed E-state index contributed by atoms with van der Waals surface area (Å²) >= 11 is 0. The van der Waals surface area contributed by atoms with Gasteiger partial charge >= 0.3 is 6.09 Å². The minimum atomic E-state index is -0.468. The Morgan fingerprint density at radius 2 is 2.09 bits per heavy atom. The molecule has 2 N–H and O–H groups in total. The number of aryl methyl sites for hydroxylation is 1. The largest absolute Gasteiger partial charge is 0.444 e. The summed E-state index contributed by atoms with van der Waals surface area (Å²) in [6, 6.07) is 0.220. The van der Waals surface area contributed by atoms with Crippen LogP contribution >= 0.6 is 0 Å². The van der Waals surface area contributed by atoms with Crippen LogP contribution in [-0.4, -0.2) is 33.8 Å². The summed E-state index contributed by atoms with van der Waals surface area (Å²) in [5, 5.41) is 6.36. The number of rotatable bonds is 9. The highest BCUT2D eigenvalue weighted by Crippen LogP contribution is 2.07. The van der Waals surface area contributed by atoms with Crippen molar-refractivity contribution in [2.24, 2.45) is 0 Å². The molecule has 1 heterocycles. The van der Waals surface area contributed by atoms with Crippen molar-refractivity contribution in [2.75, 3.05) is 6.54 Å². The van der Waals surface area contributed by atoms with Gasteiger partial charge in [-0.2, -0.15) is 0 Å². The standard InChI is InChI=1S/C17H32N4O2/c1-6-8-14(10-20-16(22)23-17(3,4)5)19-12-15-11-18-13-21(15)9-7-2/h11,13-14,19H,6-10,12H2,1-5H3,(H,20,22). The van der Waals surface area contributed by atoms with Gasteiger partial charge in [-0.25, -0.2) is 9.78 Å². The van der Waals surface area contributed by atoms with E-state index in [1.165, 1.54) is 5.69 Å². The summed E-state index contributed by atoms with van der Waals surface area (Å²) in [6.07, 6.45) is 6.54. The first-order valence-corrected chi connectivity index (χ1v) is 8.55. The minimum Gasteiger partial charge on any atom is -0.444 e. The van der Waals surface area contributed by atoms with E-state index >= 15 is 0 Å². The van der Waals surface area contributed by atoms with Crippen molar-refractivity contribution in [3.63, 3.8) is 0 Å². The number of imidazole rings is 1. The van der Waals surface area contributed by atoms with Crippen LogP contribution in [0, 0.1) is 0 Å². The summed E-state index contributed by atoms with van der Waals surface area (Å²) in [5.74, 6) is 0. The molecule has 0 aliphatic heterocycles. The summed E-state index contributed by atoms with van der Waals surface area (Å²) in [7, 11) is 0. The molecule has 1 rings (SSSR count). The smallest absolute Gasteiger partial charge is 0.407 e. The first-order chi connectivity index (χ1) is 10.9. The van der Waals surface area contributed by atoms with Crippen LogP contribution in [0.2, 0.25) is 0 Å². The Balaban J connectivity index is 2.45. The summed E-state index contributed by atoms with van der Waals surface area (Å²) in [5.41, 5.74) is 0.704. The monoisotopic (exact) mass is 324 g/mol. The zero-order chi connectivity index (χ0) is 17.3. The molecule has 0 saturated carbocycles. The summed E-state index contributed by atoms with van der Waals surface area (Å²) < 4.78 is 7.44. The zero-order valence-corrected chi connectivity index (χ0v) is 15.2. The van der Waals surface area contributed by atoms with E-state index in [1.807, 2.05) is 33.3 Å². The van der Waals surface area contributed by atoms with Gasteiger partial charge in [0, 0.05) is 31.9 Å². The van der Waals surface area contributed by atoms with Gasteiger partial charge in [-0.1, -0.05) is 20.3 Å². The van der Waals surface area contributed by atoms with Crippen molar-refractivity contribution < 1.29 is 9.53 Å². The number of alkyl carbamates (subject to hydrolysis) is 1. The molecule has 0 radical (unpaired) electrons. The molecular weight excluding hydrogens is 292 g/mol. The van der Waals surface area contributed by atoms with Crippen LogP contribution in [0.5, 0.6) is 0 Å². The molecule has 0 aliphatic carbocycles. The van der Waals surface area contributed by atoms with Crippen LogP contribution in [-0.2, 0) is 17.8 Å². The lowest BCUT2D eigenvalue weighted by atomic mass is 10.1. The van der Waals surface area contributed by atoms with Gasteiger partial charge < -0.3 is 19.9 Å². The molecule has 1 unspecified atom stereocenters. The molecule has 23 heavy (non-hydrogen) atoms. The molecule has 6 heteroatoms. The molecule has 1 aromatic rings. The van der Waals surface area contributed by atoms with Crippen molar-refractivity contribution >= 4 is 6.09 Å². The van der Waals surface area contributed by atoms with Gasteiger partial charge in [0.15, 0.2) is 0 Å². The highest BCUT2D eigenvalue weighted by atomic mass is 16.6. The Labute approximate surface area is 140 Å². The molecule has 0 saturated heterocycles. The second-order valence-corrected chi connectivity index (χ2v) is 6.83. The fraction of sp³-hybridized carbons (Fsp3) is 0.765. The van der Waals surface area contributed by atoms with Crippen LogP contribution in [0.4, 0.5) is 4.79 Å².